The van der Waals surface area contributed by atoms with Gasteiger partial charge in [-0.15, -0.1) is 0 Å². The molecule has 198 valence electrons. The SMILES string of the molecule is CCCN1CCN(c2ccc(C(=O)N3CC[C@]4(NC(=O)c5cc(Cl)ccc5OC)CCC[C@H]34)cc2)CC1. The van der Waals surface area contributed by atoms with E-state index in [1.54, 1.807) is 25.3 Å². The predicted octanol–water partition coefficient (Wildman–Crippen LogP) is 4.45. The summed E-state index contributed by atoms with van der Waals surface area (Å²) in [6, 6.07) is 13.1. The van der Waals surface area contributed by atoms with E-state index >= 15 is 0 Å². The Labute approximate surface area is 224 Å². The summed E-state index contributed by atoms with van der Waals surface area (Å²) < 4.78 is 5.39. The zero-order chi connectivity index (χ0) is 26.0. The number of nitrogens with zero attached hydrogens (tertiary/aromatic N) is 3. The van der Waals surface area contributed by atoms with Crippen molar-refractivity contribution >= 4 is 29.1 Å². The molecule has 3 fully saturated rings. The second kappa shape index (κ2) is 10.9. The molecule has 1 aliphatic carbocycles. The molecule has 7 nitrogen and oxygen atoms in total. The van der Waals surface area contributed by atoms with E-state index in [-0.39, 0.29) is 17.9 Å². The number of nitrogens with one attached hydrogen (secondary N) is 1. The van der Waals surface area contributed by atoms with Gasteiger partial charge in [-0.05, 0) is 81.1 Å². The van der Waals surface area contributed by atoms with Crippen molar-refractivity contribution in [1.82, 2.24) is 15.1 Å². The molecule has 0 unspecified atom stereocenters. The number of rotatable bonds is 7. The summed E-state index contributed by atoms with van der Waals surface area (Å²) >= 11 is 6.16. The van der Waals surface area contributed by atoms with Crippen molar-refractivity contribution in [2.24, 2.45) is 0 Å². The lowest BCUT2D eigenvalue weighted by Gasteiger charge is -2.36. The molecule has 0 bridgehead atoms. The lowest BCUT2D eigenvalue weighted by Crippen LogP contribution is -2.54. The van der Waals surface area contributed by atoms with Gasteiger partial charge >= 0.3 is 0 Å². The summed E-state index contributed by atoms with van der Waals surface area (Å²) in [7, 11) is 1.55. The van der Waals surface area contributed by atoms with Crippen LogP contribution in [0, 0.1) is 0 Å². The molecular weight excluding hydrogens is 488 g/mol. The maximum absolute atomic E-state index is 13.6. The molecule has 37 heavy (non-hydrogen) atoms. The molecule has 1 saturated carbocycles. The van der Waals surface area contributed by atoms with Gasteiger partial charge in [-0.2, -0.15) is 0 Å². The van der Waals surface area contributed by atoms with Crippen LogP contribution in [0.1, 0.15) is 59.7 Å². The number of methoxy groups -OCH3 is 1. The van der Waals surface area contributed by atoms with Gasteiger partial charge in [0.1, 0.15) is 5.75 Å². The Hall–Kier alpha value is -2.77. The summed E-state index contributed by atoms with van der Waals surface area (Å²) in [4.78, 5) is 33.8. The van der Waals surface area contributed by atoms with Crippen LogP contribution in [-0.4, -0.2) is 79.6 Å². The predicted molar refractivity (Wildman–Crippen MR) is 147 cm³/mol. The van der Waals surface area contributed by atoms with E-state index in [1.807, 2.05) is 17.0 Å². The number of hydrogen-bond donors (Lipinski definition) is 1. The summed E-state index contributed by atoms with van der Waals surface area (Å²) in [6.07, 6.45) is 4.66. The lowest BCUT2D eigenvalue weighted by molar-refractivity contribution is 0.0694. The highest BCUT2D eigenvalue weighted by Crippen LogP contribution is 2.43. The van der Waals surface area contributed by atoms with Gasteiger partial charge in [0.05, 0.1) is 24.3 Å². The van der Waals surface area contributed by atoms with Gasteiger partial charge in [-0.3, -0.25) is 14.5 Å². The standard InChI is InChI=1S/C29H37ClN4O3/c1-3-14-32-16-18-33(19-17-32)23-9-6-21(7-10-23)28(36)34-15-13-29(12-4-5-26(29)34)31-27(35)24-20-22(30)8-11-25(24)37-2/h6-11,20,26H,3-5,12-19H2,1-2H3,(H,31,35)/t26-,29+/m0/s1. The number of ether oxygens (including phenoxy) is 1. The highest BCUT2D eigenvalue weighted by molar-refractivity contribution is 6.31. The molecule has 0 radical (unpaired) electrons. The van der Waals surface area contributed by atoms with Gasteiger partial charge in [-0.1, -0.05) is 18.5 Å². The number of amides is 2. The Morgan fingerprint density at radius 3 is 2.51 bits per heavy atom. The number of carbonyl (C=O) groups is 2. The molecule has 2 saturated heterocycles. The minimum absolute atomic E-state index is 0.0135. The molecule has 1 N–H and O–H groups in total. The van der Waals surface area contributed by atoms with Crippen LogP contribution in [0.3, 0.4) is 0 Å². The van der Waals surface area contributed by atoms with Crippen molar-refractivity contribution in [1.29, 1.82) is 0 Å². The highest BCUT2D eigenvalue weighted by atomic mass is 35.5. The van der Waals surface area contributed by atoms with Gasteiger partial charge < -0.3 is 19.9 Å². The van der Waals surface area contributed by atoms with Gasteiger partial charge in [0, 0.05) is 49.0 Å². The van der Waals surface area contributed by atoms with Crippen LogP contribution in [0.15, 0.2) is 42.5 Å². The molecule has 2 aromatic carbocycles. The average Bonchev–Trinajstić information content (AvgIpc) is 3.47. The van der Waals surface area contributed by atoms with Crippen molar-refractivity contribution in [3.63, 3.8) is 0 Å². The molecule has 8 heteroatoms. The maximum atomic E-state index is 13.6. The number of fused-ring (bicyclic) bond motifs is 1. The third kappa shape index (κ3) is 5.16. The molecule has 2 atom stereocenters. The first-order chi connectivity index (χ1) is 17.9. The van der Waals surface area contributed by atoms with Crippen LogP contribution < -0.4 is 15.0 Å². The quantitative estimate of drug-likeness (QED) is 0.580. The summed E-state index contributed by atoms with van der Waals surface area (Å²) in [5.41, 5.74) is 1.88. The number of anilines is 1. The van der Waals surface area contributed by atoms with E-state index in [0.717, 1.165) is 58.4 Å². The van der Waals surface area contributed by atoms with E-state index in [2.05, 4.69) is 34.2 Å². The Bertz CT molecular complexity index is 1130. The molecule has 2 aromatic rings. The molecule has 0 spiro atoms. The molecule has 3 aliphatic rings. The van der Waals surface area contributed by atoms with Gasteiger partial charge in [0.25, 0.3) is 11.8 Å². The minimum atomic E-state index is -0.418. The second-order valence-electron chi connectivity index (χ2n) is 10.5. The molecular formula is C29H37ClN4O3. The van der Waals surface area contributed by atoms with Crippen LogP contribution in [-0.2, 0) is 0 Å². The zero-order valence-corrected chi connectivity index (χ0v) is 22.6. The monoisotopic (exact) mass is 524 g/mol. The highest BCUT2D eigenvalue weighted by Gasteiger charge is 2.53. The number of benzene rings is 2. The lowest BCUT2D eigenvalue weighted by atomic mass is 9.92. The van der Waals surface area contributed by atoms with Gasteiger partial charge in [-0.25, -0.2) is 0 Å². The number of piperazine rings is 1. The Morgan fingerprint density at radius 2 is 1.81 bits per heavy atom. The normalized spacial score (nSPS) is 23.7. The van der Waals surface area contributed by atoms with Crippen LogP contribution in [0.25, 0.3) is 0 Å². The smallest absolute Gasteiger partial charge is 0.255 e. The number of halogens is 1. The fraction of sp³-hybridized carbons (Fsp3) is 0.517. The number of likely N-dealkylation sites (tertiary alicyclic amines) is 1. The Morgan fingerprint density at radius 1 is 1.05 bits per heavy atom. The average molecular weight is 525 g/mol. The van der Waals surface area contributed by atoms with Crippen molar-refractivity contribution in [2.45, 2.75) is 50.6 Å². The van der Waals surface area contributed by atoms with Crippen molar-refractivity contribution in [3.05, 3.63) is 58.6 Å². The fourth-order valence-electron chi connectivity index (χ4n) is 6.40. The van der Waals surface area contributed by atoms with E-state index in [9.17, 15) is 9.59 Å². The first-order valence-corrected chi connectivity index (χ1v) is 13.9. The fourth-order valence-corrected chi connectivity index (χ4v) is 6.58. The van der Waals surface area contributed by atoms with Crippen LogP contribution >= 0.6 is 11.6 Å². The third-order valence-electron chi connectivity index (χ3n) is 8.33. The van der Waals surface area contributed by atoms with Crippen molar-refractivity contribution < 1.29 is 14.3 Å². The summed E-state index contributed by atoms with van der Waals surface area (Å²) in [5.74, 6) is 0.331. The van der Waals surface area contributed by atoms with Crippen LogP contribution in [0.5, 0.6) is 5.75 Å². The topological polar surface area (TPSA) is 65.1 Å². The number of carbonyl (C=O) groups excluding carboxylic acids is 2. The van der Waals surface area contributed by atoms with Crippen LogP contribution in [0.2, 0.25) is 5.02 Å². The van der Waals surface area contributed by atoms with Gasteiger partial charge in [0.15, 0.2) is 0 Å². The summed E-state index contributed by atoms with van der Waals surface area (Å²) in [5, 5.41) is 3.78. The maximum Gasteiger partial charge on any atom is 0.255 e. The van der Waals surface area contributed by atoms with E-state index < -0.39 is 5.54 Å². The molecule has 2 heterocycles. The molecule has 2 amide bonds. The van der Waals surface area contributed by atoms with Crippen LogP contribution in [0.4, 0.5) is 5.69 Å². The number of hydrogen-bond acceptors (Lipinski definition) is 5. The third-order valence-corrected chi connectivity index (χ3v) is 8.57. The Balaban J connectivity index is 1.26. The first-order valence-electron chi connectivity index (χ1n) is 13.5. The van der Waals surface area contributed by atoms with Gasteiger partial charge in [0.2, 0.25) is 0 Å². The second-order valence-corrected chi connectivity index (χ2v) is 10.9. The van der Waals surface area contributed by atoms with Crippen molar-refractivity contribution in [2.75, 3.05) is 51.3 Å². The largest absolute Gasteiger partial charge is 0.496 e. The van der Waals surface area contributed by atoms with Crippen molar-refractivity contribution in [3.8, 4) is 5.75 Å². The summed E-state index contributed by atoms with van der Waals surface area (Å²) in [6.45, 7) is 8.22. The molecule has 5 rings (SSSR count). The molecule has 0 aromatic heterocycles. The minimum Gasteiger partial charge on any atom is -0.496 e. The Kier molecular flexibility index (Phi) is 7.63. The van der Waals surface area contributed by atoms with E-state index in [4.69, 9.17) is 16.3 Å². The first kappa shape index (κ1) is 25.9. The zero-order valence-electron chi connectivity index (χ0n) is 21.8. The van der Waals surface area contributed by atoms with E-state index in [1.165, 1.54) is 12.1 Å². The van der Waals surface area contributed by atoms with E-state index in [0.29, 0.717) is 28.4 Å². The molecule has 2 aliphatic heterocycles.